The van der Waals surface area contributed by atoms with Crippen LogP contribution in [0.15, 0.2) is 0 Å². The highest BCUT2D eigenvalue weighted by molar-refractivity contribution is 5.77. The molecule has 1 rings (SSSR count). The standard InChI is InChI=1S/C18H31N3O3/c1-12(2)11-21-14(4)15(13(3)20-21)7-8-16(22)19-18(5,6)10-9-17(23)24/h12H,7-11H2,1-6H3,(H,19,22)(H,23,24). The summed E-state index contributed by atoms with van der Waals surface area (Å²) < 4.78 is 2.02. The van der Waals surface area contributed by atoms with Crippen LogP contribution in [0.1, 0.15) is 63.9 Å². The number of carboxylic acid groups (broad SMARTS) is 1. The van der Waals surface area contributed by atoms with E-state index in [1.807, 2.05) is 32.4 Å². The van der Waals surface area contributed by atoms with Crippen molar-refractivity contribution in [2.45, 2.75) is 79.3 Å². The van der Waals surface area contributed by atoms with E-state index in [-0.39, 0.29) is 12.3 Å². The van der Waals surface area contributed by atoms with Gasteiger partial charge in [0.25, 0.3) is 0 Å². The Hall–Kier alpha value is -1.85. The lowest BCUT2D eigenvalue weighted by Gasteiger charge is -2.25. The number of rotatable bonds is 9. The number of nitrogens with one attached hydrogen (secondary N) is 1. The summed E-state index contributed by atoms with van der Waals surface area (Å²) in [5.41, 5.74) is 2.72. The van der Waals surface area contributed by atoms with E-state index < -0.39 is 11.5 Å². The van der Waals surface area contributed by atoms with Crippen LogP contribution in [0.3, 0.4) is 0 Å². The molecule has 0 aliphatic rings. The summed E-state index contributed by atoms with van der Waals surface area (Å²) in [6.45, 7) is 12.9. The fraction of sp³-hybridized carbons (Fsp3) is 0.722. The van der Waals surface area contributed by atoms with Gasteiger partial charge in [-0.15, -0.1) is 0 Å². The molecule has 1 aromatic rings. The summed E-state index contributed by atoms with van der Waals surface area (Å²) in [6, 6.07) is 0. The summed E-state index contributed by atoms with van der Waals surface area (Å²) >= 11 is 0. The van der Waals surface area contributed by atoms with Crippen LogP contribution in [0.2, 0.25) is 0 Å². The van der Waals surface area contributed by atoms with Crippen molar-refractivity contribution in [2.75, 3.05) is 0 Å². The van der Waals surface area contributed by atoms with Crippen LogP contribution in [0.25, 0.3) is 0 Å². The Labute approximate surface area is 144 Å². The van der Waals surface area contributed by atoms with Gasteiger partial charge in [-0.05, 0) is 52.0 Å². The van der Waals surface area contributed by atoms with E-state index in [0.717, 1.165) is 23.5 Å². The Morgan fingerprint density at radius 2 is 1.88 bits per heavy atom. The van der Waals surface area contributed by atoms with Crippen molar-refractivity contribution in [3.8, 4) is 0 Å². The van der Waals surface area contributed by atoms with Gasteiger partial charge in [0.15, 0.2) is 0 Å². The maximum atomic E-state index is 12.2. The minimum Gasteiger partial charge on any atom is -0.481 e. The number of aliphatic carboxylic acids is 1. The number of aryl methyl sites for hydroxylation is 1. The minimum atomic E-state index is -0.846. The van der Waals surface area contributed by atoms with Gasteiger partial charge in [-0.25, -0.2) is 0 Å². The van der Waals surface area contributed by atoms with Crippen LogP contribution in [0, 0.1) is 19.8 Å². The van der Waals surface area contributed by atoms with Gasteiger partial charge in [0, 0.05) is 30.6 Å². The summed E-state index contributed by atoms with van der Waals surface area (Å²) in [6.07, 6.45) is 1.49. The predicted octanol–water partition coefficient (Wildman–Crippen LogP) is 2.85. The second kappa shape index (κ2) is 8.31. The highest BCUT2D eigenvalue weighted by Crippen LogP contribution is 2.17. The first-order valence-corrected chi connectivity index (χ1v) is 8.57. The number of carbonyl (C=O) groups excluding carboxylic acids is 1. The molecule has 0 unspecified atom stereocenters. The fourth-order valence-electron chi connectivity index (χ4n) is 2.78. The summed E-state index contributed by atoms with van der Waals surface area (Å²) in [7, 11) is 0. The van der Waals surface area contributed by atoms with Gasteiger partial charge >= 0.3 is 5.97 Å². The zero-order valence-electron chi connectivity index (χ0n) is 15.8. The fourth-order valence-corrected chi connectivity index (χ4v) is 2.78. The molecule has 0 aliphatic heterocycles. The van der Waals surface area contributed by atoms with Gasteiger partial charge in [0.05, 0.1) is 5.69 Å². The molecule has 2 N–H and O–H groups in total. The smallest absolute Gasteiger partial charge is 0.303 e. The van der Waals surface area contributed by atoms with E-state index in [9.17, 15) is 9.59 Å². The molecule has 1 heterocycles. The molecule has 1 aromatic heterocycles. The molecule has 0 fully saturated rings. The molecule has 0 bridgehead atoms. The number of carboxylic acids is 1. The zero-order valence-corrected chi connectivity index (χ0v) is 15.8. The van der Waals surface area contributed by atoms with Gasteiger partial charge in [-0.3, -0.25) is 14.3 Å². The summed E-state index contributed by atoms with van der Waals surface area (Å²) in [5.74, 6) is -0.379. The molecule has 0 atom stereocenters. The van der Waals surface area contributed by atoms with Gasteiger partial charge in [-0.1, -0.05) is 13.8 Å². The topological polar surface area (TPSA) is 84.2 Å². The third-order valence-electron chi connectivity index (χ3n) is 4.11. The van der Waals surface area contributed by atoms with Gasteiger partial charge < -0.3 is 10.4 Å². The molecule has 0 saturated carbocycles. The lowest BCUT2D eigenvalue weighted by molar-refractivity contribution is -0.137. The van der Waals surface area contributed by atoms with E-state index in [0.29, 0.717) is 25.2 Å². The van der Waals surface area contributed by atoms with E-state index in [1.165, 1.54) is 0 Å². The lowest BCUT2D eigenvalue weighted by atomic mass is 9.97. The second-order valence-electron chi connectivity index (χ2n) is 7.55. The van der Waals surface area contributed by atoms with E-state index >= 15 is 0 Å². The SMILES string of the molecule is Cc1nn(CC(C)C)c(C)c1CCC(=O)NC(C)(C)CCC(=O)O. The molecule has 1 amide bonds. The number of aromatic nitrogens is 2. The summed E-state index contributed by atoms with van der Waals surface area (Å²) in [4.78, 5) is 22.9. The molecular formula is C18H31N3O3. The Morgan fingerprint density at radius 1 is 1.25 bits per heavy atom. The molecule has 0 aromatic carbocycles. The Bertz CT molecular complexity index is 589. The molecule has 136 valence electrons. The molecule has 6 nitrogen and oxygen atoms in total. The molecule has 24 heavy (non-hydrogen) atoms. The van der Waals surface area contributed by atoms with Crippen LogP contribution in [0.4, 0.5) is 0 Å². The number of amides is 1. The predicted molar refractivity (Wildman–Crippen MR) is 94.0 cm³/mol. The largest absolute Gasteiger partial charge is 0.481 e. The van der Waals surface area contributed by atoms with Crippen molar-refractivity contribution in [2.24, 2.45) is 5.92 Å². The second-order valence-corrected chi connectivity index (χ2v) is 7.55. The molecule has 0 spiro atoms. The average Bonchev–Trinajstić information content (AvgIpc) is 2.68. The maximum Gasteiger partial charge on any atom is 0.303 e. The molecular weight excluding hydrogens is 306 g/mol. The van der Waals surface area contributed by atoms with Crippen LogP contribution in [-0.2, 0) is 22.6 Å². The highest BCUT2D eigenvalue weighted by atomic mass is 16.4. The molecule has 0 aliphatic carbocycles. The van der Waals surface area contributed by atoms with Crippen molar-refractivity contribution in [3.63, 3.8) is 0 Å². The van der Waals surface area contributed by atoms with Crippen molar-refractivity contribution >= 4 is 11.9 Å². The first-order chi connectivity index (χ1) is 11.0. The Kier molecular flexibility index (Phi) is 6.99. The third kappa shape index (κ3) is 6.34. The van der Waals surface area contributed by atoms with Gasteiger partial charge in [0.1, 0.15) is 0 Å². The zero-order chi connectivity index (χ0) is 18.5. The lowest BCUT2D eigenvalue weighted by Crippen LogP contribution is -2.43. The molecule has 0 radical (unpaired) electrons. The molecule has 0 saturated heterocycles. The van der Waals surface area contributed by atoms with Crippen LogP contribution in [0.5, 0.6) is 0 Å². The quantitative estimate of drug-likeness (QED) is 0.726. The Balaban J connectivity index is 2.61. The van der Waals surface area contributed by atoms with Crippen molar-refractivity contribution in [1.82, 2.24) is 15.1 Å². The van der Waals surface area contributed by atoms with Gasteiger partial charge in [-0.2, -0.15) is 5.10 Å². The van der Waals surface area contributed by atoms with Crippen LogP contribution in [-0.4, -0.2) is 32.3 Å². The van der Waals surface area contributed by atoms with Crippen LogP contribution >= 0.6 is 0 Å². The first-order valence-electron chi connectivity index (χ1n) is 8.57. The monoisotopic (exact) mass is 337 g/mol. The average molecular weight is 337 g/mol. The number of hydrogen-bond acceptors (Lipinski definition) is 3. The van der Waals surface area contributed by atoms with Crippen molar-refractivity contribution < 1.29 is 14.7 Å². The van der Waals surface area contributed by atoms with Crippen molar-refractivity contribution in [3.05, 3.63) is 17.0 Å². The maximum absolute atomic E-state index is 12.2. The number of hydrogen-bond donors (Lipinski definition) is 2. The normalized spacial score (nSPS) is 11.8. The molecule has 6 heteroatoms. The number of carbonyl (C=O) groups is 2. The highest BCUT2D eigenvalue weighted by Gasteiger charge is 2.22. The third-order valence-corrected chi connectivity index (χ3v) is 4.11. The van der Waals surface area contributed by atoms with E-state index in [4.69, 9.17) is 5.11 Å². The van der Waals surface area contributed by atoms with Gasteiger partial charge in [0.2, 0.25) is 5.91 Å². The van der Waals surface area contributed by atoms with E-state index in [2.05, 4.69) is 24.3 Å². The van der Waals surface area contributed by atoms with Crippen molar-refractivity contribution in [1.29, 1.82) is 0 Å². The van der Waals surface area contributed by atoms with Crippen LogP contribution < -0.4 is 5.32 Å². The number of nitrogens with zero attached hydrogens (tertiary/aromatic N) is 2. The first kappa shape index (κ1) is 20.2. The Morgan fingerprint density at radius 3 is 2.42 bits per heavy atom. The van der Waals surface area contributed by atoms with E-state index in [1.54, 1.807) is 0 Å². The minimum absolute atomic E-state index is 0.0491. The summed E-state index contributed by atoms with van der Waals surface area (Å²) in [5, 5.41) is 16.3.